The first-order valence-corrected chi connectivity index (χ1v) is 9.77. The average Bonchev–Trinajstić information content (AvgIpc) is 2.57. The monoisotopic (exact) mass is 367 g/mol. The molecule has 1 atom stereocenters. The Morgan fingerprint density at radius 1 is 1.22 bits per heavy atom. The minimum atomic E-state index is -0.356. The van der Waals surface area contributed by atoms with Crippen LogP contribution in [0, 0.1) is 5.41 Å². The van der Waals surface area contributed by atoms with Crippen LogP contribution in [0.25, 0.3) is 5.69 Å². The summed E-state index contributed by atoms with van der Waals surface area (Å²) in [6.45, 7) is 2.29. The van der Waals surface area contributed by atoms with E-state index in [0.717, 1.165) is 12.1 Å². The Hall–Kier alpha value is -2.18. The topological polar surface area (TPSA) is 90.2 Å². The molecule has 144 valence electrons. The Balaban J connectivity index is 1.36. The molecule has 1 heterocycles. The summed E-state index contributed by atoms with van der Waals surface area (Å²) in [6, 6.07) is 11.4. The molecule has 2 aromatic rings. The third-order valence-corrected chi connectivity index (χ3v) is 6.57. The lowest BCUT2D eigenvalue weighted by atomic mass is 9.52. The molecule has 2 fully saturated rings. The number of hydrogen-bond acceptors (Lipinski definition) is 5. The lowest BCUT2D eigenvalue weighted by Crippen LogP contribution is -2.60. The van der Waals surface area contributed by atoms with Crippen LogP contribution in [0.15, 0.2) is 41.3 Å². The molecule has 27 heavy (non-hydrogen) atoms. The zero-order valence-electron chi connectivity index (χ0n) is 16.1. The summed E-state index contributed by atoms with van der Waals surface area (Å²) in [7, 11) is 2.24. The predicted octanol–water partition coefficient (Wildman–Crippen LogP) is 1.95. The number of nitrogen functional groups attached to an aromatic ring is 1. The lowest BCUT2D eigenvalue weighted by molar-refractivity contribution is -0.0674. The van der Waals surface area contributed by atoms with Gasteiger partial charge in [-0.1, -0.05) is 12.1 Å². The minimum absolute atomic E-state index is 0.242. The fourth-order valence-electron chi connectivity index (χ4n) is 4.86. The Morgan fingerprint density at radius 3 is 2.48 bits per heavy atom. The smallest absolute Gasteiger partial charge is 0.354 e. The van der Waals surface area contributed by atoms with Crippen LogP contribution in [0.5, 0.6) is 0 Å². The highest BCUT2D eigenvalue weighted by Crippen LogP contribution is 2.56. The molecule has 1 aromatic carbocycles. The van der Waals surface area contributed by atoms with Gasteiger partial charge in [0.1, 0.15) is 5.82 Å². The quantitative estimate of drug-likeness (QED) is 0.843. The fraction of sp³-hybridized carbons (Fsp3) is 0.524. The van der Waals surface area contributed by atoms with Crippen LogP contribution in [0.3, 0.4) is 0 Å². The molecule has 4 N–H and O–H groups in total. The third kappa shape index (κ3) is 3.51. The highest BCUT2D eigenvalue weighted by atomic mass is 16.1. The second kappa shape index (κ2) is 6.77. The molecular formula is C21H29N5O. The molecule has 1 spiro atoms. The maximum absolute atomic E-state index is 12.0. The van der Waals surface area contributed by atoms with Gasteiger partial charge in [0.25, 0.3) is 0 Å². The molecule has 2 saturated carbocycles. The van der Waals surface area contributed by atoms with Gasteiger partial charge in [-0.15, -0.1) is 0 Å². The SMILES string of the molecule is CC(Cc1ccc(-n2ccc(N)nc2=O)cc1)N(C)C1CC2(CC(N)C2)C1. The van der Waals surface area contributed by atoms with Gasteiger partial charge in [-0.3, -0.25) is 4.57 Å². The average molecular weight is 367 g/mol. The van der Waals surface area contributed by atoms with E-state index in [4.69, 9.17) is 11.5 Å². The number of hydrogen-bond donors (Lipinski definition) is 2. The van der Waals surface area contributed by atoms with Crippen molar-refractivity contribution in [3.05, 3.63) is 52.6 Å². The van der Waals surface area contributed by atoms with Crippen LogP contribution in [0.2, 0.25) is 0 Å². The molecule has 0 amide bonds. The van der Waals surface area contributed by atoms with Gasteiger partial charge in [-0.25, -0.2) is 4.79 Å². The Labute approximate surface area is 160 Å². The van der Waals surface area contributed by atoms with Crippen molar-refractivity contribution in [1.29, 1.82) is 0 Å². The van der Waals surface area contributed by atoms with E-state index in [9.17, 15) is 4.79 Å². The minimum Gasteiger partial charge on any atom is -0.383 e. The van der Waals surface area contributed by atoms with Crippen molar-refractivity contribution in [2.45, 2.75) is 57.2 Å². The molecule has 0 aliphatic heterocycles. The number of anilines is 1. The molecule has 2 aliphatic carbocycles. The van der Waals surface area contributed by atoms with Crippen molar-refractivity contribution >= 4 is 5.82 Å². The van der Waals surface area contributed by atoms with Gasteiger partial charge in [0.15, 0.2) is 0 Å². The van der Waals surface area contributed by atoms with Crippen molar-refractivity contribution in [3.8, 4) is 5.69 Å². The van der Waals surface area contributed by atoms with Gasteiger partial charge in [0, 0.05) is 24.3 Å². The number of rotatable bonds is 5. The summed E-state index contributed by atoms with van der Waals surface area (Å²) in [6.07, 6.45) is 7.68. The molecule has 0 radical (unpaired) electrons. The normalized spacial score (nSPS) is 28.0. The molecule has 0 saturated heterocycles. The van der Waals surface area contributed by atoms with Crippen molar-refractivity contribution in [2.75, 3.05) is 12.8 Å². The second-order valence-electron chi connectivity index (χ2n) is 8.62. The Kier molecular flexibility index (Phi) is 4.56. The molecule has 1 unspecified atom stereocenters. The van der Waals surface area contributed by atoms with Crippen LogP contribution < -0.4 is 17.2 Å². The standard InChI is InChI=1S/C21H29N5O/c1-14(25(2)18-12-21(13-18)10-16(22)11-21)9-15-3-5-17(6-4-15)26-8-7-19(23)24-20(26)27/h3-8,14,16,18H,9-13,22H2,1-2H3,(H2,23,24,27). The highest BCUT2D eigenvalue weighted by Gasteiger charge is 2.52. The third-order valence-electron chi connectivity index (χ3n) is 6.57. The molecule has 4 rings (SSSR count). The number of nitrogens with zero attached hydrogens (tertiary/aromatic N) is 3. The summed E-state index contributed by atoms with van der Waals surface area (Å²) in [5, 5.41) is 0. The van der Waals surface area contributed by atoms with Gasteiger partial charge >= 0.3 is 5.69 Å². The van der Waals surface area contributed by atoms with E-state index in [1.54, 1.807) is 12.3 Å². The first-order chi connectivity index (χ1) is 12.8. The second-order valence-corrected chi connectivity index (χ2v) is 8.62. The van der Waals surface area contributed by atoms with Crippen LogP contribution in [0.4, 0.5) is 5.82 Å². The summed E-state index contributed by atoms with van der Waals surface area (Å²) in [5.41, 5.74) is 13.8. The van der Waals surface area contributed by atoms with E-state index in [0.29, 0.717) is 23.5 Å². The number of aromatic nitrogens is 2. The molecule has 0 bridgehead atoms. The van der Waals surface area contributed by atoms with Crippen LogP contribution in [-0.2, 0) is 6.42 Å². The lowest BCUT2D eigenvalue weighted by Gasteiger charge is -2.59. The summed E-state index contributed by atoms with van der Waals surface area (Å²) >= 11 is 0. The molecule has 2 aliphatic rings. The zero-order chi connectivity index (χ0) is 19.2. The van der Waals surface area contributed by atoms with E-state index >= 15 is 0 Å². The van der Waals surface area contributed by atoms with Crippen LogP contribution in [0.1, 0.15) is 38.2 Å². The maximum Gasteiger partial charge on any atom is 0.354 e. The first kappa shape index (κ1) is 18.2. The van der Waals surface area contributed by atoms with Crippen molar-refractivity contribution in [1.82, 2.24) is 14.5 Å². The number of benzene rings is 1. The molecule has 1 aromatic heterocycles. The fourth-order valence-corrected chi connectivity index (χ4v) is 4.86. The zero-order valence-corrected chi connectivity index (χ0v) is 16.1. The van der Waals surface area contributed by atoms with E-state index in [2.05, 4.69) is 36.0 Å². The van der Waals surface area contributed by atoms with Crippen molar-refractivity contribution < 1.29 is 0 Å². The first-order valence-electron chi connectivity index (χ1n) is 9.77. The number of likely N-dealkylation sites (N-methyl/N-ethyl adjacent to an activating group) is 1. The number of nitrogens with two attached hydrogens (primary N) is 2. The van der Waals surface area contributed by atoms with Crippen LogP contribution >= 0.6 is 0 Å². The van der Waals surface area contributed by atoms with Gasteiger partial charge in [0.2, 0.25) is 0 Å². The predicted molar refractivity (Wildman–Crippen MR) is 108 cm³/mol. The molecular weight excluding hydrogens is 338 g/mol. The molecule has 6 nitrogen and oxygen atoms in total. The van der Waals surface area contributed by atoms with Gasteiger partial charge in [0.05, 0.1) is 5.69 Å². The molecule has 6 heteroatoms. The Morgan fingerprint density at radius 2 is 1.89 bits per heavy atom. The summed E-state index contributed by atoms with van der Waals surface area (Å²) in [4.78, 5) is 18.3. The van der Waals surface area contributed by atoms with Gasteiger partial charge < -0.3 is 16.4 Å². The van der Waals surface area contributed by atoms with E-state index < -0.39 is 0 Å². The summed E-state index contributed by atoms with van der Waals surface area (Å²) < 4.78 is 1.51. The van der Waals surface area contributed by atoms with Gasteiger partial charge in [-0.2, -0.15) is 4.98 Å². The van der Waals surface area contributed by atoms with Crippen LogP contribution in [-0.4, -0.2) is 39.6 Å². The van der Waals surface area contributed by atoms with E-state index in [-0.39, 0.29) is 11.5 Å². The largest absolute Gasteiger partial charge is 0.383 e. The highest BCUT2D eigenvalue weighted by molar-refractivity contribution is 5.36. The van der Waals surface area contributed by atoms with E-state index in [1.165, 1.54) is 35.8 Å². The maximum atomic E-state index is 12.0. The van der Waals surface area contributed by atoms with Crippen molar-refractivity contribution in [2.24, 2.45) is 11.1 Å². The summed E-state index contributed by atoms with van der Waals surface area (Å²) in [5.74, 6) is 0.242. The van der Waals surface area contributed by atoms with E-state index in [1.807, 2.05) is 12.1 Å². The Bertz CT molecular complexity index is 861. The van der Waals surface area contributed by atoms with Crippen molar-refractivity contribution in [3.63, 3.8) is 0 Å². The van der Waals surface area contributed by atoms with Gasteiger partial charge in [-0.05, 0) is 75.3 Å².